The zero-order valence-electron chi connectivity index (χ0n) is 60.2. The minimum atomic E-state index is -4.96. The molecule has 0 bridgehead atoms. The summed E-state index contributed by atoms with van der Waals surface area (Å²) in [4.78, 5) is 72.6. The summed E-state index contributed by atoms with van der Waals surface area (Å²) >= 11 is 0. The lowest BCUT2D eigenvalue weighted by atomic mass is 9.99. The van der Waals surface area contributed by atoms with Gasteiger partial charge in [0.1, 0.15) is 19.3 Å². The van der Waals surface area contributed by atoms with Crippen LogP contribution in [0.1, 0.15) is 364 Å². The number of hydrogen-bond acceptors (Lipinski definition) is 15. The summed E-state index contributed by atoms with van der Waals surface area (Å²) in [6.45, 7) is 14.1. The fraction of sp³-hybridized carbons (Fsp3) is 0.945. The highest BCUT2D eigenvalue weighted by atomic mass is 31.2. The van der Waals surface area contributed by atoms with Gasteiger partial charge in [0.2, 0.25) is 0 Å². The molecule has 0 heterocycles. The van der Waals surface area contributed by atoms with Gasteiger partial charge in [-0.15, -0.1) is 0 Å². The molecule has 0 aliphatic heterocycles. The predicted molar refractivity (Wildman–Crippen MR) is 372 cm³/mol. The first-order valence-electron chi connectivity index (χ1n) is 37.7. The molecule has 0 saturated heterocycles. The van der Waals surface area contributed by atoms with Crippen molar-refractivity contribution >= 4 is 39.5 Å². The second kappa shape index (κ2) is 62.6. The van der Waals surface area contributed by atoms with E-state index >= 15 is 0 Å². The molecule has 3 unspecified atom stereocenters. The molecule has 546 valence electrons. The van der Waals surface area contributed by atoms with Crippen molar-refractivity contribution in [1.29, 1.82) is 0 Å². The van der Waals surface area contributed by atoms with E-state index in [4.69, 9.17) is 37.0 Å². The zero-order chi connectivity index (χ0) is 68.2. The van der Waals surface area contributed by atoms with E-state index < -0.39 is 97.5 Å². The van der Waals surface area contributed by atoms with E-state index in [1.807, 2.05) is 0 Å². The fourth-order valence-corrected chi connectivity index (χ4v) is 12.6. The topological polar surface area (TPSA) is 237 Å². The van der Waals surface area contributed by atoms with Crippen LogP contribution < -0.4 is 0 Å². The maximum atomic E-state index is 13.0. The monoisotopic (exact) mass is 1350 g/mol. The van der Waals surface area contributed by atoms with Crippen molar-refractivity contribution in [3.63, 3.8) is 0 Å². The number of carbonyl (C=O) groups is 4. The van der Waals surface area contributed by atoms with Crippen LogP contribution in [0, 0.1) is 23.7 Å². The number of rotatable bonds is 70. The normalized spacial score (nSPS) is 14.5. The Balaban J connectivity index is 5.24. The van der Waals surface area contributed by atoms with Crippen molar-refractivity contribution in [2.24, 2.45) is 23.7 Å². The first-order chi connectivity index (χ1) is 44.1. The molecule has 17 nitrogen and oxygen atoms in total. The summed E-state index contributed by atoms with van der Waals surface area (Å²) in [5, 5.41) is 10.6. The predicted octanol–water partition coefficient (Wildman–Crippen LogP) is 20.9. The minimum Gasteiger partial charge on any atom is -0.462 e. The number of carbonyl (C=O) groups excluding carboxylic acids is 4. The van der Waals surface area contributed by atoms with Crippen molar-refractivity contribution in [2.45, 2.75) is 382 Å². The first kappa shape index (κ1) is 90.1. The van der Waals surface area contributed by atoms with Gasteiger partial charge in [0.15, 0.2) is 12.2 Å². The summed E-state index contributed by atoms with van der Waals surface area (Å²) in [6.07, 6.45) is 45.9. The van der Waals surface area contributed by atoms with Gasteiger partial charge < -0.3 is 33.8 Å². The number of ether oxygens (including phenoxy) is 4. The number of phosphoric acid groups is 2. The van der Waals surface area contributed by atoms with Crippen LogP contribution in [0.15, 0.2) is 0 Å². The lowest BCUT2D eigenvalue weighted by Crippen LogP contribution is -2.30. The molecule has 3 N–H and O–H groups in total. The molecule has 0 saturated carbocycles. The molecule has 0 spiro atoms. The van der Waals surface area contributed by atoms with Crippen LogP contribution in [0.5, 0.6) is 0 Å². The molecular formula is C73H142O17P2. The van der Waals surface area contributed by atoms with Gasteiger partial charge in [-0.3, -0.25) is 37.3 Å². The van der Waals surface area contributed by atoms with Crippen molar-refractivity contribution in [3.8, 4) is 0 Å². The van der Waals surface area contributed by atoms with E-state index in [0.717, 1.165) is 114 Å². The third kappa shape index (κ3) is 65.4. The van der Waals surface area contributed by atoms with Gasteiger partial charge in [-0.05, 0) is 49.4 Å². The van der Waals surface area contributed by atoms with Crippen molar-refractivity contribution in [1.82, 2.24) is 0 Å². The van der Waals surface area contributed by atoms with Gasteiger partial charge in [-0.2, -0.15) is 0 Å². The average Bonchev–Trinajstić information content (AvgIpc) is 3.23. The molecule has 0 aromatic carbocycles. The Bertz CT molecular complexity index is 1820. The summed E-state index contributed by atoms with van der Waals surface area (Å²) < 4.78 is 68.4. The lowest BCUT2D eigenvalue weighted by molar-refractivity contribution is -0.161. The minimum absolute atomic E-state index is 0.105. The van der Waals surface area contributed by atoms with Crippen molar-refractivity contribution in [2.75, 3.05) is 39.6 Å². The summed E-state index contributed by atoms with van der Waals surface area (Å²) in [5.74, 6) is 0.891. The standard InChI is InChI=1S/C73H142O17P2/c1-9-66(8)52-44-36-27-23-24-28-37-45-53-70(75)83-59-68(89-72(77)55-47-39-29-21-17-13-11-10-12-15-19-25-33-41-49-63(2)3)61-87-91(79,80)85-57-67(74)58-86-92(81,82)88-62-69(60-84-71(76)54-46-38-32-31-35-43-51-65(6)7)90-73(78)56-48-40-30-22-18-14-16-20-26-34-42-50-64(4)5/h63-69,74H,9-62H2,1-8H3,(H,79,80)(H,81,82)/t66?,67-,68-,69-/m1/s1. The molecule has 0 amide bonds. The molecule has 0 aromatic rings. The number of hydrogen-bond donors (Lipinski definition) is 3. The lowest BCUT2D eigenvalue weighted by Gasteiger charge is -2.21. The average molecular weight is 1350 g/mol. The van der Waals surface area contributed by atoms with E-state index in [0.29, 0.717) is 31.6 Å². The third-order valence-corrected chi connectivity index (χ3v) is 19.1. The highest BCUT2D eigenvalue weighted by molar-refractivity contribution is 7.47. The van der Waals surface area contributed by atoms with Crippen LogP contribution in [0.4, 0.5) is 0 Å². The van der Waals surface area contributed by atoms with Crippen molar-refractivity contribution < 1.29 is 80.2 Å². The van der Waals surface area contributed by atoms with E-state index in [-0.39, 0.29) is 25.7 Å². The number of esters is 4. The SMILES string of the molecule is CCC(C)CCCCCCCCCCC(=O)OC[C@H](COP(=O)(O)OC[C@@H](O)COP(=O)(O)OC[C@@H](COC(=O)CCCCCCCCC(C)C)OC(=O)CCCCCCCCCCCCCC(C)C)OC(=O)CCCCCCCCCCCCCCCCC(C)C. The molecule has 0 aromatic heterocycles. The Morgan fingerprint density at radius 3 is 0.772 bits per heavy atom. The quantitative estimate of drug-likeness (QED) is 0.0222. The van der Waals surface area contributed by atoms with Crippen LogP contribution in [0.3, 0.4) is 0 Å². The van der Waals surface area contributed by atoms with E-state index in [1.54, 1.807) is 0 Å². The Hall–Kier alpha value is -1.94. The molecule has 19 heteroatoms. The van der Waals surface area contributed by atoms with Gasteiger partial charge in [0.05, 0.1) is 26.4 Å². The largest absolute Gasteiger partial charge is 0.472 e. The molecule has 0 rings (SSSR count). The molecular weight excluding hydrogens is 1210 g/mol. The number of aliphatic hydroxyl groups excluding tert-OH is 1. The first-order valence-corrected chi connectivity index (χ1v) is 40.7. The van der Waals surface area contributed by atoms with E-state index in [2.05, 4.69) is 55.4 Å². The fourth-order valence-electron chi connectivity index (χ4n) is 11.0. The molecule has 0 radical (unpaired) electrons. The Morgan fingerprint density at radius 1 is 0.304 bits per heavy atom. The number of unbranched alkanes of at least 4 members (excludes halogenated alkanes) is 35. The Kier molecular flexibility index (Phi) is 61.3. The Labute approximate surface area is 562 Å². The van der Waals surface area contributed by atoms with Crippen molar-refractivity contribution in [3.05, 3.63) is 0 Å². The van der Waals surface area contributed by atoms with Gasteiger partial charge in [-0.25, -0.2) is 9.13 Å². The summed E-state index contributed by atoms with van der Waals surface area (Å²) in [6, 6.07) is 0. The van der Waals surface area contributed by atoms with E-state index in [1.165, 1.54) is 161 Å². The molecule has 0 aliphatic carbocycles. The zero-order valence-corrected chi connectivity index (χ0v) is 62.0. The van der Waals surface area contributed by atoms with Gasteiger partial charge in [0.25, 0.3) is 0 Å². The molecule has 92 heavy (non-hydrogen) atoms. The van der Waals surface area contributed by atoms with Crippen LogP contribution in [0.2, 0.25) is 0 Å². The van der Waals surface area contributed by atoms with Gasteiger partial charge >= 0.3 is 39.5 Å². The highest BCUT2D eigenvalue weighted by Crippen LogP contribution is 2.45. The van der Waals surface area contributed by atoms with Gasteiger partial charge in [-0.1, -0.05) is 312 Å². The summed E-state index contributed by atoms with van der Waals surface area (Å²) in [5.41, 5.74) is 0. The van der Waals surface area contributed by atoms with Crippen LogP contribution in [-0.4, -0.2) is 96.7 Å². The second-order valence-corrected chi connectivity index (χ2v) is 30.9. The van der Waals surface area contributed by atoms with Crippen LogP contribution >= 0.6 is 15.6 Å². The Morgan fingerprint density at radius 2 is 0.522 bits per heavy atom. The van der Waals surface area contributed by atoms with Gasteiger partial charge in [0, 0.05) is 25.7 Å². The maximum absolute atomic E-state index is 13.0. The summed E-state index contributed by atoms with van der Waals surface area (Å²) in [7, 11) is -9.91. The third-order valence-electron chi connectivity index (χ3n) is 17.2. The number of phosphoric ester groups is 2. The molecule has 0 aliphatic rings. The van der Waals surface area contributed by atoms with E-state index in [9.17, 15) is 43.2 Å². The molecule has 6 atom stereocenters. The second-order valence-electron chi connectivity index (χ2n) is 28.0. The maximum Gasteiger partial charge on any atom is 0.472 e. The smallest absolute Gasteiger partial charge is 0.462 e. The van der Waals surface area contributed by atoms with Crippen LogP contribution in [0.25, 0.3) is 0 Å². The highest BCUT2D eigenvalue weighted by Gasteiger charge is 2.30. The molecule has 0 fully saturated rings. The van der Waals surface area contributed by atoms with Crippen LogP contribution in [-0.2, 0) is 65.4 Å². The number of aliphatic hydroxyl groups is 1.